The molecule has 2 aliphatic rings. The van der Waals surface area contributed by atoms with E-state index in [9.17, 15) is 0 Å². The highest BCUT2D eigenvalue weighted by Gasteiger charge is 2.34. The van der Waals surface area contributed by atoms with Gasteiger partial charge in [0.15, 0.2) is 0 Å². The molecule has 0 radical (unpaired) electrons. The number of hydrogen-bond acceptors (Lipinski definition) is 3. The zero-order valence-corrected chi connectivity index (χ0v) is 11.8. The number of piperazine rings is 1. The smallest absolute Gasteiger partial charge is 0.0250 e. The van der Waals surface area contributed by atoms with E-state index in [-0.39, 0.29) is 0 Å². The van der Waals surface area contributed by atoms with Crippen molar-refractivity contribution in [3.8, 4) is 0 Å². The van der Waals surface area contributed by atoms with Gasteiger partial charge in [0, 0.05) is 37.8 Å². The van der Waals surface area contributed by atoms with Crippen molar-refractivity contribution >= 4 is 0 Å². The van der Waals surface area contributed by atoms with Gasteiger partial charge in [-0.1, -0.05) is 20.3 Å². The summed E-state index contributed by atoms with van der Waals surface area (Å²) in [6.07, 6.45) is 5.47. The Kier molecular flexibility index (Phi) is 4.83. The van der Waals surface area contributed by atoms with E-state index in [0.29, 0.717) is 0 Å². The fourth-order valence-electron chi connectivity index (χ4n) is 3.59. The Morgan fingerprint density at radius 3 is 2.71 bits per heavy atom. The summed E-state index contributed by atoms with van der Waals surface area (Å²) in [5.41, 5.74) is 0. The molecule has 3 heteroatoms. The SMILES string of the molecule is CCNC1CCCC1N1CCN(C)C(CC)C1. The van der Waals surface area contributed by atoms with Gasteiger partial charge in [0.2, 0.25) is 0 Å². The molecular formula is C14H29N3. The molecule has 0 aromatic carbocycles. The first-order valence-corrected chi connectivity index (χ1v) is 7.44. The van der Waals surface area contributed by atoms with Gasteiger partial charge in [-0.15, -0.1) is 0 Å². The van der Waals surface area contributed by atoms with Gasteiger partial charge in [0.25, 0.3) is 0 Å². The van der Waals surface area contributed by atoms with Crippen LogP contribution in [0.5, 0.6) is 0 Å². The molecule has 100 valence electrons. The second-order valence-electron chi connectivity index (χ2n) is 5.70. The third-order valence-electron chi connectivity index (χ3n) is 4.69. The topological polar surface area (TPSA) is 18.5 Å². The number of rotatable bonds is 4. The summed E-state index contributed by atoms with van der Waals surface area (Å²) in [6.45, 7) is 9.45. The minimum atomic E-state index is 0.751. The summed E-state index contributed by atoms with van der Waals surface area (Å²) in [5, 5.41) is 3.68. The molecule has 1 aliphatic heterocycles. The maximum absolute atomic E-state index is 3.68. The molecule has 1 saturated heterocycles. The van der Waals surface area contributed by atoms with Crippen molar-refractivity contribution in [2.75, 3.05) is 33.2 Å². The zero-order valence-electron chi connectivity index (χ0n) is 11.8. The van der Waals surface area contributed by atoms with Crippen LogP contribution in [-0.2, 0) is 0 Å². The van der Waals surface area contributed by atoms with Crippen LogP contribution in [0.2, 0.25) is 0 Å². The molecule has 1 heterocycles. The molecule has 3 atom stereocenters. The van der Waals surface area contributed by atoms with Gasteiger partial charge in [0.05, 0.1) is 0 Å². The molecule has 1 saturated carbocycles. The Bertz CT molecular complexity index is 232. The van der Waals surface area contributed by atoms with Crippen LogP contribution in [0.3, 0.4) is 0 Å². The van der Waals surface area contributed by atoms with Crippen LogP contribution in [0.15, 0.2) is 0 Å². The van der Waals surface area contributed by atoms with Crippen LogP contribution in [0.1, 0.15) is 39.5 Å². The summed E-state index contributed by atoms with van der Waals surface area (Å²) in [7, 11) is 2.28. The van der Waals surface area contributed by atoms with Crippen molar-refractivity contribution in [1.29, 1.82) is 0 Å². The van der Waals surface area contributed by atoms with E-state index in [1.807, 2.05) is 0 Å². The van der Waals surface area contributed by atoms with E-state index in [1.54, 1.807) is 0 Å². The highest BCUT2D eigenvalue weighted by molar-refractivity contribution is 4.93. The van der Waals surface area contributed by atoms with Gasteiger partial charge in [-0.05, 0) is 32.9 Å². The molecule has 1 aliphatic carbocycles. The molecule has 17 heavy (non-hydrogen) atoms. The minimum Gasteiger partial charge on any atom is -0.313 e. The molecule has 2 fully saturated rings. The molecule has 0 amide bonds. The minimum absolute atomic E-state index is 0.751. The molecule has 3 nitrogen and oxygen atoms in total. The van der Waals surface area contributed by atoms with Crippen molar-refractivity contribution in [3.63, 3.8) is 0 Å². The van der Waals surface area contributed by atoms with Gasteiger partial charge in [-0.3, -0.25) is 4.90 Å². The van der Waals surface area contributed by atoms with Gasteiger partial charge >= 0.3 is 0 Å². The van der Waals surface area contributed by atoms with Crippen LogP contribution in [0, 0.1) is 0 Å². The van der Waals surface area contributed by atoms with Crippen molar-refractivity contribution < 1.29 is 0 Å². The standard InChI is InChI=1S/C14H29N3/c1-4-12-11-17(10-9-16(12)3)14-8-6-7-13(14)15-5-2/h12-15H,4-11H2,1-3H3. The Morgan fingerprint density at radius 1 is 1.18 bits per heavy atom. The highest BCUT2D eigenvalue weighted by atomic mass is 15.3. The van der Waals surface area contributed by atoms with Crippen LogP contribution < -0.4 is 5.32 Å². The van der Waals surface area contributed by atoms with E-state index in [4.69, 9.17) is 0 Å². The Labute approximate surface area is 107 Å². The van der Waals surface area contributed by atoms with Crippen LogP contribution in [0.25, 0.3) is 0 Å². The van der Waals surface area contributed by atoms with Crippen molar-refractivity contribution in [2.24, 2.45) is 0 Å². The average Bonchev–Trinajstić information content (AvgIpc) is 2.78. The lowest BCUT2D eigenvalue weighted by Gasteiger charge is -2.43. The second-order valence-corrected chi connectivity index (χ2v) is 5.70. The Morgan fingerprint density at radius 2 is 2.00 bits per heavy atom. The van der Waals surface area contributed by atoms with E-state index in [0.717, 1.165) is 24.7 Å². The summed E-state index contributed by atoms with van der Waals surface area (Å²) in [4.78, 5) is 5.29. The fraction of sp³-hybridized carbons (Fsp3) is 1.00. The number of nitrogens with one attached hydrogen (secondary N) is 1. The molecule has 0 spiro atoms. The molecule has 0 aromatic heterocycles. The summed E-state index contributed by atoms with van der Waals surface area (Å²) >= 11 is 0. The lowest BCUT2D eigenvalue weighted by molar-refractivity contribution is 0.0556. The molecule has 1 N–H and O–H groups in total. The number of hydrogen-bond donors (Lipinski definition) is 1. The maximum atomic E-state index is 3.68. The van der Waals surface area contributed by atoms with Gasteiger partial charge in [0.1, 0.15) is 0 Å². The summed E-state index contributed by atoms with van der Waals surface area (Å²) in [6, 6.07) is 2.32. The molecule has 0 aromatic rings. The third-order valence-corrected chi connectivity index (χ3v) is 4.69. The molecular weight excluding hydrogens is 210 g/mol. The quantitative estimate of drug-likeness (QED) is 0.803. The molecule has 0 bridgehead atoms. The summed E-state index contributed by atoms with van der Waals surface area (Å²) in [5.74, 6) is 0. The highest BCUT2D eigenvalue weighted by Crippen LogP contribution is 2.26. The lowest BCUT2D eigenvalue weighted by Crippen LogP contribution is -2.57. The van der Waals surface area contributed by atoms with Crippen LogP contribution in [0.4, 0.5) is 0 Å². The lowest BCUT2D eigenvalue weighted by atomic mass is 10.0. The van der Waals surface area contributed by atoms with Crippen molar-refractivity contribution in [1.82, 2.24) is 15.1 Å². The van der Waals surface area contributed by atoms with Gasteiger partial charge < -0.3 is 10.2 Å². The summed E-state index contributed by atoms with van der Waals surface area (Å²) < 4.78 is 0. The first kappa shape index (κ1) is 13.3. The van der Waals surface area contributed by atoms with Crippen LogP contribution >= 0.6 is 0 Å². The second kappa shape index (κ2) is 6.17. The first-order valence-electron chi connectivity index (χ1n) is 7.44. The monoisotopic (exact) mass is 239 g/mol. The predicted molar refractivity (Wildman–Crippen MR) is 73.4 cm³/mol. The molecule has 2 rings (SSSR count). The maximum Gasteiger partial charge on any atom is 0.0250 e. The predicted octanol–water partition coefficient (Wildman–Crippen LogP) is 1.54. The van der Waals surface area contributed by atoms with Crippen LogP contribution in [-0.4, -0.2) is 61.2 Å². The zero-order chi connectivity index (χ0) is 12.3. The van der Waals surface area contributed by atoms with E-state index in [2.05, 4.69) is 36.0 Å². The van der Waals surface area contributed by atoms with Gasteiger partial charge in [-0.25, -0.2) is 0 Å². The third kappa shape index (κ3) is 3.01. The van der Waals surface area contributed by atoms with Gasteiger partial charge in [-0.2, -0.15) is 0 Å². The number of likely N-dealkylation sites (N-methyl/N-ethyl adjacent to an activating group) is 2. The van der Waals surface area contributed by atoms with E-state index in [1.165, 1.54) is 45.3 Å². The van der Waals surface area contributed by atoms with Crippen molar-refractivity contribution in [3.05, 3.63) is 0 Å². The Hall–Kier alpha value is -0.120. The fourth-order valence-corrected chi connectivity index (χ4v) is 3.59. The van der Waals surface area contributed by atoms with E-state index >= 15 is 0 Å². The first-order chi connectivity index (χ1) is 8.26. The van der Waals surface area contributed by atoms with E-state index < -0.39 is 0 Å². The Balaban J connectivity index is 1.92. The van der Waals surface area contributed by atoms with Crippen molar-refractivity contribution in [2.45, 2.75) is 57.7 Å². The normalized spacial score (nSPS) is 36.5. The largest absolute Gasteiger partial charge is 0.313 e. The number of nitrogens with zero attached hydrogens (tertiary/aromatic N) is 2. The molecule has 3 unspecified atom stereocenters. The average molecular weight is 239 g/mol.